The maximum absolute atomic E-state index is 10.6. The molecule has 21 heavy (non-hydrogen) atoms. The quantitative estimate of drug-likeness (QED) is 0.389. The third-order valence-electron chi connectivity index (χ3n) is 2.78. The highest BCUT2D eigenvalue weighted by Gasteiger charge is 1.95. The lowest BCUT2D eigenvalue weighted by Crippen LogP contribution is -1.93. The van der Waals surface area contributed by atoms with Crippen LogP contribution < -0.4 is 0 Å². The van der Waals surface area contributed by atoms with Gasteiger partial charge in [-0.15, -0.1) is 0 Å². The van der Waals surface area contributed by atoms with Crippen LogP contribution in [0.1, 0.15) is 71.1 Å². The first-order valence-electron chi connectivity index (χ1n) is 7.79. The van der Waals surface area contributed by atoms with Gasteiger partial charge in [-0.1, -0.05) is 70.1 Å². The van der Waals surface area contributed by atoms with Crippen LogP contribution >= 0.6 is 24.4 Å². The van der Waals surface area contributed by atoms with E-state index in [1.165, 1.54) is 63.1 Å². The summed E-state index contributed by atoms with van der Waals surface area (Å²) < 4.78 is 0. The SMILES string of the molecule is O=C(O)CCS.[CH2]CCCCCCCCCCSC(C)=O. The van der Waals surface area contributed by atoms with E-state index in [2.05, 4.69) is 19.6 Å². The van der Waals surface area contributed by atoms with Crippen molar-refractivity contribution in [3.05, 3.63) is 6.92 Å². The van der Waals surface area contributed by atoms with Crippen molar-refractivity contribution in [2.45, 2.75) is 71.1 Å². The number of hydrogen-bond acceptors (Lipinski definition) is 4. The molecule has 0 aromatic rings. The summed E-state index contributed by atoms with van der Waals surface area (Å²) >= 11 is 5.14. The lowest BCUT2D eigenvalue weighted by molar-refractivity contribution is -0.136. The molecule has 0 aromatic heterocycles. The summed E-state index contributed by atoms with van der Waals surface area (Å²) in [6, 6.07) is 0. The van der Waals surface area contributed by atoms with Crippen molar-refractivity contribution in [1.82, 2.24) is 0 Å². The topological polar surface area (TPSA) is 54.4 Å². The number of carbonyl (C=O) groups excluding carboxylic acids is 1. The predicted molar refractivity (Wildman–Crippen MR) is 96.2 cm³/mol. The van der Waals surface area contributed by atoms with Gasteiger partial charge in [0.25, 0.3) is 0 Å². The van der Waals surface area contributed by atoms with E-state index in [-0.39, 0.29) is 11.5 Å². The number of aliphatic carboxylic acids is 1. The van der Waals surface area contributed by atoms with Gasteiger partial charge in [0.2, 0.25) is 0 Å². The fraction of sp³-hybridized carbons (Fsp3) is 0.812. The molecule has 0 saturated heterocycles. The molecule has 0 unspecified atom stereocenters. The van der Waals surface area contributed by atoms with Gasteiger partial charge in [-0.2, -0.15) is 12.6 Å². The van der Waals surface area contributed by atoms with E-state index in [0.717, 1.165) is 12.2 Å². The minimum Gasteiger partial charge on any atom is -0.481 e. The van der Waals surface area contributed by atoms with Gasteiger partial charge in [0, 0.05) is 18.4 Å². The molecule has 0 amide bonds. The van der Waals surface area contributed by atoms with Crippen LogP contribution in [-0.2, 0) is 9.59 Å². The molecule has 0 saturated carbocycles. The molecule has 0 bridgehead atoms. The normalized spacial score (nSPS) is 9.86. The fourth-order valence-electron chi connectivity index (χ4n) is 1.65. The molecule has 0 fully saturated rings. The minimum atomic E-state index is -0.787. The largest absolute Gasteiger partial charge is 0.481 e. The second-order valence-corrected chi connectivity index (χ2v) is 6.61. The number of hydrogen-bond donors (Lipinski definition) is 2. The Labute approximate surface area is 140 Å². The first-order valence-corrected chi connectivity index (χ1v) is 9.41. The first-order chi connectivity index (χ1) is 10.0. The molecular formula is C16H31O3S2. The molecule has 0 aliphatic rings. The number of carboxylic acids is 1. The van der Waals surface area contributed by atoms with Crippen LogP contribution in [0, 0.1) is 6.92 Å². The van der Waals surface area contributed by atoms with Crippen molar-refractivity contribution < 1.29 is 14.7 Å². The van der Waals surface area contributed by atoms with Gasteiger partial charge in [-0.3, -0.25) is 9.59 Å². The molecular weight excluding hydrogens is 304 g/mol. The number of thioether (sulfide) groups is 1. The highest BCUT2D eigenvalue weighted by Crippen LogP contribution is 2.11. The molecule has 125 valence electrons. The van der Waals surface area contributed by atoms with Gasteiger partial charge in [0.15, 0.2) is 5.12 Å². The van der Waals surface area contributed by atoms with E-state index in [1.54, 1.807) is 6.92 Å². The summed E-state index contributed by atoms with van der Waals surface area (Å²) in [7, 11) is 0. The van der Waals surface area contributed by atoms with Crippen LogP contribution in [0.2, 0.25) is 0 Å². The van der Waals surface area contributed by atoms with E-state index < -0.39 is 5.97 Å². The van der Waals surface area contributed by atoms with Crippen LogP contribution in [0.3, 0.4) is 0 Å². The Morgan fingerprint density at radius 1 is 1.00 bits per heavy atom. The number of carbonyl (C=O) groups is 2. The molecule has 1 N–H and O–H groups in total. The zero-order valence-electron chi connectivity index (χ0n) is 13.3. The number of rotatable bonds is 12. The molecule has 5 heteroatoms. The second kappa shape index (κ2) is 19.8. The molecule has 0 rings (SSSR count). The van der Waals surface area contributed by atoms with Gasteiger partial charge < -0.3 is 5.11 Å². The van der Waals surface area contributed by atoms with E-state index in [1.807, 2.05) is 0 Å². The van der Waals surface area contributed by atoms with E-state index in [0.29, 0.717) is 5.75 Å². The van der Waals surface area contributed by atoms with E-state index >= 15 is 0 Å². The average molecular weight is 336 g/mol. The Kier molecular flexibility index (Phi) is 21.8. The van der Waals surface area contributed by atoms with E-state index in [4.69, 9.17) is 5.11 Å². The lowest BCUT2D eigenvalue weighted by Gasteiger charge is -2.01. The van der Waals surface area contributed by atoms with Crippen LogP contribution in [0.5, 0.6) is 0 Å². The van der Waals surface area contributed by atoms with Crippen LogP contribution in [0.25, 0.3) is 0 Å². The smallest absolute Gasteiger partial charge is 0.304 e. The maximum atomic E-state index is 10.6. The third kappa shape index (κ3) is 28.7. The Bertz CT molecular complexity index is 246. The summed E-state index contributed by atoms with van der Waals surface area (Å²) in [6.07, 6.45) is 11.8. The molecule has 3 nitrogen and oxygen atoms in total. The molecule has 0 heterocycles. The van der Waals surface area contributed by atoms with Gasteiger partial charge in [0.1, 0.15) is 0 Å². The number of thiol groups is 1. The highest BCUT2D eigenvalue weighted by molar-refractivity contribution is 8.13. The Balaban J connectivity index is 0. The third-order valence-corrected chi connectivity index (χ3v) is 3.90. The standard InChI is InChI=1S/C13H25OS.C3H6O2S/c1-3-4-5-6-7-8-9-10-11-12-15-13(2)14;4-3(5)1-2-6/h1,3-12H2,2H3;6H,1-2H2,(H,4,5). The first kappa shape index (κ1) is 23.1. The molecule has 0 aliphatic heterocycles. The van der Waals surface area contributed by atoms with Crippen molar-refractivity contribution in [2.75, 3.05) is 11.5 Å². The summed E-state index contributed by atoms with van der Waals surface area (Å²) in [5, 5.41) is 8.12. The zero-order chi connectivity index (χ0) is 16.3. The summed E-state index contributed by atoms with van der Waals surface area (Å²) in [5.74, 6) is 0.650. The summed E-state index contributed by atoms with van der Waals surface area (Å²) in [5.41, 5.74) is 0. The second-order valence-electron chi connectivity index (χ2n) is 4.89. The van der Waals surface area contributed by atoms with Crippen molar-refractivity contribution in [1.29, 1.82) is 0 Å². The Hall–Kier alpha value is -0.160. The van der Waals surface area contributed by atoms with Crippen molar-refractivity contribution in [2.24, 2.45) is 0 Å². The maximum Gasteiger partial charge on any atom is 0.304 e. The van der Waals surface area contributed by atoms with Gasteiger partial charge in [-0.25, -0.2) is 0 Å². The number of carboxylic acid groups (broad SMARTS) is 1. The van der Waals surface area contributed by atoms with Gasteiger partial charge in [-0.05, 0) is 6.42 Å². The molecule has 0 aromatic carbocycles. The molecule has 0 spiro atoms. The summed E-state index contributed by atoms with van der Waals surface area (Å²) in [4.78, 5) is 20.2. The van der Waals surface area contributed by atoms with Crippen LogP contribution in [0.15, 0.2) is 0 Å². The average Bonchev–Trinajstić information content (AvgIpc) is 2.41. The molecule has 1 radical (unpaired) electrons. The monoisotopic (exact) mass is 335 g/mol. The lowest BCUT2D eigenvalue weighted by atomic mass is 10.1. The van der Waals surface area contributed by atoms with Crippen LogP contribution in [-0.4, -0.2) is 27.7 Å². The van der Waals surface area contributed by atoms with Crippen LogP contribution in [0.4, 0.5) is 0 Å². The number of unbranched alkanes of at least 4 members (excludes halogenated alkanes) is 8. The summed E-state index contributed by atoms with van der Waals surface area (Å²) in [6.45, 7) is 5.48. The fourth-order valence-corrected chi connectivity index (χ4v) is 2.48. The van der Waals surface area contributed by atoms with Gasteiger partial charge in [0.05, 0.1) is 6.42 Å². The van der Waals surface area contributed by atoms with Crippen molar-refractivity contribution in [3.8, 4) is 0 Å². The molecule has 0 atom stereocenters. The Morgan fingerprint density at radius 3 is 1.81 bits per heavy atom. The zero-order valence-corrected chi connectivity index (χ0v) is 15.0. The Morgan fingerprint density at radius 2 is 1.48 bits per heavy atom. The predicted octanol–water partition coefficient (Wildman–Crippen LogP) is 5.00. The molecule has 0 aliphatic carbocycles. The van der Waals surface area contributed by atoms with E-state index in [9.17, 15) is 9.59 Å². The van der Waals surface area contributed by atoms with Gasteiger partial charge >= 0.3 is 5.97 Å². The van der Waals surface area contributed by atoms with Crippen molar-refractivity contribution in [3.63, 3.8) is 0 Å². The van der Waals surface area contributed by atoms with Crippen molar-refractivity contribution >= 4 is 35.5 Å². The highest BCUT2D eigenvalue weighted by atomic mass is 32.2. The minimum absolute atomic E-state index is 0.156.